The number of carbonyl (C=O) groups is 1. The maximum Gasteiger partial charge on any atom is 0.276 e. The van der Waals surface area contributed by atoms with Gasteiger partial charge >= 0.3 is 0 Å². The Morgan fingerprint density at radius 3 is 2.47 bits per heavy atom. The number of benzene rings is 3. The molecule has 0 aliphatic rings. The number of carbonyl (C=O) groups excluding carboxylic acids is 1. The average molecular weight is 469 g/mol. The second-order valence-electron chi connectivity index (χ2n) is 7.46. The Kier molecular flexibility index (Phi) is 6.13. The fraction of sp³-hybridized carbons (Fsp3) is 0.0769. The summed E-state index contributed by atoms with van der Waals surface area (Å²) < 4.78 is 7.98. The summed E-state index contributed by atoms with van der Waals surface area (Å²) >= 11 is 1.62. The van der Waals surface area contributed by atoms with Gasteiger partial charge < -0.3 is 10.1 Å². The lowest BCUT2D eigenvalue weighted by Gasteiger charge is -2.09. The molecule has 0 spiro atoms. The molecule has 0 fully saturated rings. The summed E-state index contributed by atoms with van der Waals surface area (Å²) in [4.78, 5) is 29.5. The van der Waals surface area contributed by atoms with E-state index in [1.165, 1.54) is 16.8 Å². The summed E-state index contributed by atoms with van der Waals surface area (Å²) in [5.41, 5.74) is 2.42. The van der Waals surface area contributed by atoms with Crippen molar-refractivity contribution in [3.63, 3.8) is 0 Å². The highest BCUT2D eigenvalue weighted by Crippen LogP contribution is 2.30. The van der Waals surface area contributed by atoms with Crippen LogP contribution in [0.5, 0.6) is 5.75 Å². The molecule has 0 radical (unpaired) electrons. The van der Waals surface area contributed by atoms with Crippen LogP contribution in [0.4, 0.5) is 5.69 Å². The van der Waals surface area contributed by atoms with E-state index in [1.807, 2.05) is 78.9 Å². The first-order valence-electron chi connectivity index (χ1n) is 10.7. The summed E-state index contributed by atoms with van der Waals surface area (Å²) in [7, 11) is 0. The zero-order valence-corrected chi connectivity index (χ0v) is 18.9. The Morgan fingerprint density at radius 2 is 1.68 bits per heavy atom. The Hall–Kier alpha value is -4.30. The smallest absolute Gasteiger partial charge is 0.276 e. The fourth-order valence-electron chi connectivity index (χ4n) is 3.38. The number of rotatable bonds is 7. The van der Waals surface area contributed by atoms with Crippen molar-refractivity contribution in [1.29, 1.82) is 0 Å². The highest BCUT2D eigenvalue weighted by Gasteiger charge is 2.11. The molecule has 0 atom stereocenters. The number of hydrogen-bond acceptors (Lipinski definition) is 6. The van der Waals surface area contributed by atoms with Crippen molar-refractivity contribution in [2.24, 2.45) is 0 Å². The summed E-state index contributed by atoms with van der Waals surface area (Å²) in [6.07, 6.45) is 0. The van der Waals surface area contributed by atoms with E-state index in [1.54, 1.807) is 11.3 Å². The molecule has 0 aliphatic carbocycles. The van der Waals surface area contributed by atoms with Crippen LogP contribution in [0, 0.1) is 0 Å². The molecule has 1 amide bonds. The zero-order chi connectivity index (χ0) is 23.3. The molecule has 5 rings (SSSR count). The Morgan fingerprint density at radius 1 is 0.912 bits per heavy atom. The Balaban J connectivity index is 1.24. The van der Waals surface area contributed by atoms with Gasteiger partial charge in [0, 0.05) is 17.3 Å². The maximum absolute atomic E-state index is 12.7. The Bertz CT molecular complexity index is 1460. The van der Waals surface area contributed by atoms with Crippen LogP contribution in [0.2, 0.25) is 0 Å². The van der Waals surface area contributed by atoms with Gasteiger partial charge in [-0.2, -0.15) is 5.10 Å². The number of nitrogens with one attached hydrogen (secondary N) is 1. The SMILES string of the molecule is O=C(Nc1ccc(-c2nc3ccccc3s2)cc1)c1ccc(=O)n(CCOc2ccccc2)n1. The van der Waals surface area contributed by atoms with Crippen LogP contribution in [-0.2, 0) is 6.54 Å². The molecule has 0 saturated carbocycles. The van der Waals surface area contributed by atoms with Crippen molar-refractivity contribution >= 4 is 33.1 Å². The van der Waals surface area contributed by atoms with E-state index in [0.717, 1.165) is 20.8 Å². The van der Waals surface area contributed by atoms with Crippen LogP contribution >= 0.6 is 11.3 Å². The van der Waals surface area contributed by atoms with E-state index in [0.29, 0.717) is 11.4 Å². The lowest BCUT2D eigenvalue weighted by Crippen LogP contribution is -2.28. The van der Waals surface area contributed by atoms with E-state index in [-0.39, 0.29) is 24.4 Å². The highest BCUT2D eigenvalue weighted by atomic mass is 32.1. The van der Waals surface area contributed by atoms with Crippen LogP contribution in [-0.4, -0.2) is 27.3 Å². The van der Waals surface area contributed by atoms with Crippen LogP contribution in [0.3, 0.4) is 0 Å². The van der Waals surface area contributed by atoms with Gasteiger partial charge in [0.05, 0.1) is 16.8 Å². The number of para-hydroxylation sites is 2. The van der Waals surface area contributed by atoms with Crippen molar-refractivity contribution < 1.29 is 9.53 Å². The van der Waals surface area contributed by atoms with Gasteiger partial charge in [0.15, 0.2) is 0 Å². The van der Waals surface area contributed by atoms with Gasteiger partial charge in [0.25, 0.3) is 11.5 Å². The van der Waals surface area contributed by atoms with Crippen LogP contribution in [0.1, 0.15) is 10.5 Å². The standard InChI is InChI=1S/C26H20N4O3S/c31-24-15-14-22(29-30(24)16-17-33-20-6-2-1-3-7-20)25(32)27-19-12-10-18(11-13-19)26-28-21-8-4-5-9-23(21)34-26/h1-15H,16-17H2,(H,27,32). The first-order valence-corrected chi connectivity index (χ1v) is 11.5. The summed E-state index contributed by atoms with van der Waals surface area (Å²) in [5.74, 6) is 0.309. The molecule has 5 aromatic rings. The number of fused-ring (bicyclic) bond motifs is 1. The van der Waals surface area contributed by atoms with Gasteiger partial charge in [-0.15, -0.1) is 11.3 Å². The molecule has 8 heteroatoms. The molecular formula is C26H20N4O3S. The third-order valence-corrected chi connectivity index (χ3v) is 6.18. The predicted molar refractivity (Wildman–Crippen MR) is 133 cm³/mol. The second-order valence-corrected chi connectivity index (χ2v) is 8.49. The normalized spacial score (nSPS) is 10.8. The van der Waals surface area contributed by atoms with Crippen LogP contribution < -0.4 is 15.6 Å². The lowest BCUT2D eigenvalue weighted by molar-refractivity contribution is 0.101. The molecule has 0 unspecified atom stereocenters. The van der Waals surface area contributed by atoms with Gasteiger partial charge in [-0.1, -0.05) is 30.3 Å². The molecule has 2 aromatic heterocycles. The predicted octanol–water partition coefficient (Wildman–Crippen LogP) is 4.85. The topological polar surface area (TPSA) is 86.1 Å². The van der Waals surface area contributed by atoms with Gasteiger partial charge in [0.1, 0.15) is 23.1 Å². The molecule has 3 aromatic carbocycles. The van der Waals surface area contributed by atoms with E-state index in [9.17, 15) is 9.59 Å². The average Bonchev–Trinajstić information content (AvgIpc) is 3.31. The molecule has 168 valence electrons. The first kappa shape index (κ1) is 21.5. The molecule has 0 saturated heterocycles. The van der Waals surface area contributed by atoms with Crippen LogP contribution in [0.15, 0.2) is 95.8 Å². The van der Waals surface area contributed by atoms with Gasteiger partial charge in [-0.25, -0.2) is 9.67 Å². The lowest BCUT2D eigenvalue weighted by atomic mass is 10.2. The van der Waals surface area contributed by atoms with Gasteiger partial charge in [0.2, 0.25) is 0 Å². The number of nitrogens with zero attached hydrogens (tertiary/aromatic N) is 3. The molecule has 34 heavy (non-hydrogen) atoms. The molecule has 0 bridgehead atoms. The van der Waals surface area contributed by atoms with Gasteiger partial charge in [-0.3, -0.25) is 9.59 Å². The molecule has 1 N–H and O–H groups in total. The van der Waals surface area contributed by atoms with Gasteiger partial charge in [-0.05, 0) is 54.6 Å². The quantitative estimate of drug-likeness (QED) is 0.369. The van der Waals surface area contributed by atoms with Crippen molar-refractivity contribution in [1.82, 2.24) is 14.8 Å². The first-order chi connectivity index (χ1) is 16.7. The highest BCUT2D eigenvalue weighted by molar-refractivity contribution is 7.21. The van der Waals surface area contributed by atoms with E-state index in [4.69, 9.17) is 4.74 Å². The van der Waals surface area contributed by atoms with E-state index < -0.39 is 5.91 Å². The second kappa shape index (κ2) is 9.68. The third-order valence-electron chi connectivity index (χ3n) is 5.10. The number of amides is 1. The molecule has 7 nitrogen and oxygen atoms in total. The number of thiazole rings is 1. The zero-order valence-electron chi connectivity index (χ0n) is 18.0. The summed E-state index contributed by atoms with van der Waals surface area (Å²) in [6.45, 7) is 0.487. The fourth-order valence-corrected chi connectivity index (χ4v) is 4.35. The molecule has 2 heterocycles. The minimum Gasteiger partial charge on any atom is -0.492 e. The van der Waals surface area contributed by atoms with E-state index >= 15 is 0 Å². The Labute approximate surface area is 199 Å². The van der Waals surface area contributed by atoms with Crippen molar-refractivity contribution in [3.05, 3.63) is 107 Å². The van der Waals surface area contributed by atoms with E-state index in [2.05, 4.69) is 15.4 Å². The van der Waals surface area contributed by atoms with Crippen molar-refractivity contribution in [2.75, 3.05) is 11.9 Å². The summed E-state index contributed by atoms with van der Waals surface area (Å²) in [5, 5.41) is 7.94. The minimum absolute atomic E-state index is 0.148. The maximum atomic E-state index is 12.7. The van der Waals surface area contributed by atoms with Crippen LogP contribution in [0.25, 0.3) is 20.8 Å². The monoisotopic (exact) mass is 468 g/mol. The van der Waals surface area contributed by atoms with Crippen molar-refractivity contribution in [2.45, 2.75) is 6.54 Å². The largest absolute Gasteiger partial charge is 0.492 e. The number of aromatic nitrogens is 3. The summed E-state index contributed by atoms with van der Waals surface area (Å²) in [6, 6.07) is 27.6. The third kappa shape index (κ3) is 4.87. The number of hydrogen-bond donors (Lipinski definition) is 1. The van der Waals surface area contributed by atoms with Crippen molar-refractivity contribution in [3.8, 4) is 16.3 Å². The molecule has 0 aliphatic heterocycles. The number of anilines is 1. The molecular weight excluding hydrogens is 448 g/mol. The minimum atomic E-state index is -0.398. The number of ether oxygens (including phenoxy) is 1.